The average Bonchev–Trinajstić information content (AvgIpc) is 2.67. The van der Waals surface area contributed by atoms with Crippen LogP contribution in [0.5, 0.6) is 11.5 Å². The van der Waals surface area contributed by atoms with Crippen LogP contribution >= 0.6 is 0 Å². The molecule has 2 rings (SSSR count). The van der Waals surface area contributed by atoms with Crippen LogP contribution in [0.25, 0.3) is 0 Å². The molecule has 0 aliphatic carbocycles. The summed E-state index contributed by atoms with van der Waals surface area (Å²) in [4.78, 5) is 23.8. The number of amides is 2. The predicted octanol–water partition coefficient (Wildman–Crippen LogP) is 3.08. The molecule has 9 heteroatoms. The average molecular weight is 391 g/mol. The molecule has 0 atom stereocenters. The van der Waals surface area contributed by atoms with Crippen molar-refractivity contribution in [3.8, 4) is 11.5 Å². The molecule has 2 aromatic carbocycles. The van der Waals surface area contributed by atoms with Crippen LogP contribution < -0.4 is 20.2 Å². The number of aryl methyl sites for hydroxylation is 1. The second-order valence-corrected chi connectivity index (χ2v) is 5.70. The van der Waals surface area contributed by atoms with Gasteiger partial charge in [-0.3, -0.25) is 9.59 Å². The fraction of sp³-hybridized carbons (Fsp3) is 0.211. The highest BCUT2D eigenvalue weighted by molar-refractivity contribution is 6.39. The van der Waals surface area contributed by atoms with Crippen molar-refractivity contribution in [3.05, 3.63) is 53.6 Å². The Labute approximate surface area is 160 Å². The van der Waals surface area contributed by atoms with Gasteiger partial charge in [-0.1, -0.05) is 17.7 Å². The number of hydrogen-bond acceptors (Lipinski definition) is 5. The lowest BCUT2D eigenvalue weighted by Crippen LogP contribution is -2.32. The molecule has 0 saturated heterocycles. The second-order valence-electron chi connectivity index (χ2n) is 5.70. The van der Waals surface area contributed by atoms with Crippen LogP contribution in [-0.4, -0.2) is 31.2 Å². The van der Waals surface area contributed by atoms with Crippen LogP contribution in [-0.2, 0) is 9.59 Å². The first kappa shape index (κ1) is 20.8. The Morgan fingerprint density at radius 2 is 1.71 bits per heavy atom. The molecule has 2 N–H and O–H groups in total. The summed E-state index contributed by atoms with van der Waals surface area (Å²) in [6.45, 7) is 0.484. The summed E-state index contributed by atoms with van der Waals surface area (Å²) in [7, 11) is 1.31. The van der Waals surface area contributed by atoms with Crippen molar-refractivity contribution in [2.24, 2.45) is 5.10 Å². The lowest BCUT2D eigenvalue weighted by atomic mass is 10.1. The first-order chi connectivity index (χ1) is 13.3. The standard InChI is InChI=1S/C19H19F2N3O4/c1-11-4-7-14(8-5-11)22-17(25)18(26)24-23-12(2)13-6-9-15(28-19(20)21)16(10-13)27-3/h4-10,19H,1-3H3,(H,22,25)(H,24,26)/b23-12-. The van der Waals surface area contributed by atoms with Crippen molar-refractivity contribution >= 4 is 23.2 Å². The summed E-state index contributed by atoms with van der Waals surface area (Å²) in [5.74, 6) is -1.88. The number of hydrogen-bond donors (Lipinski definition) is 2. The number of nitrogens with one attached hydrogen (secondary N) is 2. The highest BCUT2D eigenvalue weighted by atomic mass is 19.3. The number of carbonyl (C=O) groups excluding carboxylic acids is 2. The molecule has 28 heavy (non-hydrogen) atoms. The maximum absolute atomic E-state index is 12.4. The van der Waals surface area contributed by atoms with Crippen molar-refractivity contribution < 1.29 is 27.8 Å². The summed E-state index contributed by atoms with van der Waals surface area (Å²) in [6.07, 6.45) is 0. The van der Waals surface area contributed by atoms with E-state index in [1.165, 1.54) is 25.3 Å². The van der Waals surface area contributed by atoms with Crippen LogP contribution in [0, 0.1) is 6.92 Å². The van der Waals surface area contributed by atoms with Crippen LogP contribution in [0.1, 0.15) is 18.1 Å². The molecule has 0 bridgehead atoms. The van der Waals surface area contributed by atoms with Crippen molar-refractivity contribution in [3.63, 3.8) is 0 Å². The molecule has 0 spiro atoms. The van der Waals surface area contributed by atoms with Gasteiger partial charge >= 0.3 is 18.4 Å². The monoisotopic (exact) mass is 391 g/mol. The van der Waals surface area contributed by atoms with Gasteiger partial charge in [0.1, 0.15) is 0 Å². The summed E-state index contributed by atoms with van der Waals surface area (Å²) in [5.41, 5.74) is 4.45. The van der Waals surface area contributed by atoms with E-state index in [2.05, 4.69) is 20.6 Å². The molecule has 0 saturated carbocycles. The summed E-state index contributed by atoms with van der Waals surface area (Å²) >= 11 is 0. The van der Waals surface area contributed by atoms with E-state index < -0.39 is 18.4 Å². The molecule has 0 aliphatic heterocycles. The van der Waals surface area contributed by atoms with Gasteiger partial charge in [0.15, 0.2) is 11.5 Å². The zero-order chi connectivity index (χ0) is 20.7. The Morgan fingerprint density at radius 1 is 1.04 bits per heavy atom. The molecule has 0 heterocycles. The van der Waals surface area contributed by atoms with Crippen molar-refractivity contribution in [2.75, 3.05) is 12.4 Å². The van der Waals surface area contributed by atoms with E-state index in [-0.39, 0.29) is 11.5 Å². The van der Waals surface area contributed by atoms with E-state index in [1.807, 2.05) is 6.92 Å². The molecule has 0 fully saturated rings. The second kappa shape index (κ2) is 9.45. The quantitative estimate of drug-likeness (QED) is 0.450. The molecule has 0 unspecified atom stereocenters. The topological polar surface area (TPSA) is 89.0 Å². The lowest BCUT2D eigenvalue weighted by molar-refractivity contribution is -0.136. The number of ether oxygens (including phenoxy) is 2. The Balaban J connectivity index is 2.03. The van der Waals surface area contributed by atoms with Gasteiger partial charge in [0.05, 0.1) is 12.8 Å². The van der Waals surface area contributed by atoms with Gasteiger partial charge in [-0.05, 0) is 44.2 Å². The molecule has 0 radical (unpaired) electrons. The lowest BCUT2D eigenvalue weighted by Gasteiger charge is -2.11. The summed E-state index contributed by atoms with van der Waals surface area (Å²) in [6, 6.07) is 11.1. The van der Waals surface area contributed by atoms with Gasteiger partial charge in [0.25, 0.3) is 0 Å². The highest BCUT2D eigenvalue weighted by Gasteiger charge is 2.15. The minimum absolute atomic E-state index is 0.0794. The van der Waals surface area contributed by atoms with E-state index in [9.17, 15) is 18.4 Å². The van der Waals surface area contributed by atoms with Gasteiger partial charge in [-0.2, -0.15) is 13.9 Å². The largest absolute Gasteiger partial charge is 0.493 e. The summed E-state index contributed by atoms with van der Waals surface area (Å²) < 4.78 is 34.1. The Bertz CT molecular complexity index is 883. The van der Waals surface area contributed by atoms with Gasteiger partial charge < -0.3 is 14.8 Å². The Kier molecular flexibility index (Phi) is 7.02. The fourth-order valence-electron chi connectivity index (χ4n) is 2.16. The zero-order valence-corrected chi connectivity index (χ0v) is 15.5. The number of carbonyl (C=O) groups is 2. The van der Waals surface area contributed by atoms with E-state index >= 15 is 0 Å². The number of halogens is 2. The number of hydrazone groups is 1. The number of methoxy groups -OCH3 is 1. The van der Waals surface area contributed by atoms with Gasteiger partial charge in [0, 0.05) is 11.3 Å². The number of anilines is 1. The fourth-order valence-corrected chi connectivity index (χ4v) is 2.16. The third kappa shape index (κ3) is 5.76. The van der Waals surface area contributed by atoms with Gasteiger partial charge in [0.2, 0.25) is 0 Å². The Morgan fingerprint density at radius 3 is 2.32 bits per heavy atom. The molecular weight excluding hydrogens is 372 g/mol. The number of rotatable bonds is 6. The van der Waals surface area contributed by atoms with E-state index in [0.29, 0.717) is 17.0 Å². The molecular formula is C19H19F2N3O4. The van der Waals surface area contributed by atoms with Crippen molar-refractivity contribution in [1.29, 1.82) is 0 Å². The van der Waals surface area contributed by atoms with E-state index in [0.717, 1.165) is 5.56 Å². The van der Waals surface area contributed by atoms with Crippen LogP contribution in [0.4, 0.5) is 14.5 Å². The third-order valence-electron chi connectivity index (χ3n) is 3.64. The maximum Gasteiger partial charge on any atom is 0.387 e. The molecule has 0 aliphatic rings. The van der Waals surface area contributed by atoms with Crippen molar-refractivity contribution in [2.45, 2.75) is 20.5 Å². The Hall–Kier alpha value is -3.49. The van der Waals surface area contributed by atoms with Gasteiger partial charge in [-0.25, -0.2) is 5.43 Å². The van der Waals surface area contributed by atoms with Gasteiger partial charge in [-0.15, -0.1) is 0 Å². The van der Waals surface area contributed by atoms with E-state index in [4.69, 9.17) is 4.74 Å². The van der Waals surface area contributed by atoms with Crippen molar-refractivity contribution in [1.82, 2.24) is 5.43 Å². The molecule has 2 aromatic rings. The maximum atomic E-state index is 12.4. The minimum atomic E-state index is -2.99. The smallest absolute Gasteiger partial charge is 0.387 e. The number of alkyl halides is 2. The minimum Gasteiger partial charge on any atom is -0.493 e. The normalized spacial score (nSPS) is 11.1. The SMILES string of the molecule is COc1cc(/C(C)=N\NC(=O)C(=O)Nc2ccc(C)cc2)ccc1OC(F)F. The summed E-state index contributed by atoms with van der Waals surface area (Å²) in [5, 5.41) is 6.30. The van der Waals surface area contributed by atoms with Crippen LogP contribution in [0.2, 0.25) is 0 Å². The first-order valence-electron chi connectivity index (χ1n) is 8.15. The van der Waals surface area contributed by atoms with E-state index in [1.54, 1.807) is 31.2 Å². The third-order valence-corrected chi connectivity index (χ3v) is 3.64. The van der Waals surface area contributed by atoms with Crippen LogP contribution in [0.15, 0.2) is 47.6 Å². The molecule has 2 amide bonds. The molecule has 0 aromatic heterocycles. The number of nitrogens with zero attached hydrogens (tertiary/aromatic N) is 1. The first-order valence-corrected chi connectivity index (χ1v) is 8.15. The van der Waals surface area contributed by atoms with Crippen LogP contribution in [0.3, 0.4) is 0 Å². The number of benzene rings is 2. The predicted molar refractivity (Wildman–Crippen MR) is 99.8 cm³/mol. The highest BCUT2D eigenvalue weighted by Crippen LogP contribution is 2.29. The zero-order valence-electron chi connectivity index (χ0n) is 15.5. The molecule has 7 nitrogen and oxygen atoms in total. The molecule has 148 valence electrons.